The van der Waals surface area contributed by atoms with Gasteiger partial charge in [0.25, 0.3) is 5.91 Å². The minimum atomic E-state index is -0.239. The van der Waals surface area contributed by atoms with Crippen molar-refractivity contribution in [2.45, 2.75) is 6.54 Å². The Hall–Kier alpha value is -4.61. The number of hydrogen-bond donors (Lipinski definition) is 2. The summed E-state index contributed by atoms with van der Waals surface area (Å²) < 4.78 is 1.77. The van der Waals surface area contributed by atoms with E-state index < -0.39 is 0 Å². The van der Waals surface area contributed by atoms with Crippen LogP contribution in [0, 0.1) is 11.3 Å². The van der Waals surface area contributed by atoms with Gasteiger partial charge in [-0.1, -0.05) is 41.9 Å². The van der Waals surface area contributed by atoms with Crippen molar-refractivity contribution in [1.29, 1.82) is 5.26 Å². The molecule has 0 saturated carbocycles. The molecule has 3 aromatic carbocycles. The fourth-order valence-electron chi connectivity index (χ4n) is 3.86. The number of hydrogen-bond acceptors (Lipinski definition) is 5. The Morgan fingerprint density at radius 2 is 1.86 bits per heavy atom. The van der Waals surface area contributed by atoms with E-state index in [4.69, 9.17) is 21.8 Å². The lowest BCUT2D eigenvalue weighted by atomic mass is 10.0. The Labute approximate surface area is 213 Å². The van der Waals surface area contributed by atoms with E-state index in [1.54, 1.807) is 35.0 Å². The monoisotopic (exact) mass is 490 g/mol. The van der Waals surface area contributed by atoms with Crippen molar-refractivity contribution in [2.24, 2.45) is 0 Å². The first-order valence-corrected chi connectivity index (χ1v) is 11.6. The predicted molar refractivity (Wildman–Crippen MR) is 144 cm³/mol. The van der Waals surface area contributed by atoms with Gasteiger partial charge in [0, 0.05) is 40.6 Å². The first-order chi connectivity index (χ1) is 17.5. The van der Waals surface area contributed by atoms with E-state index in [0.29, 0.717) is 28.4 Å². The van der Waals surface area contributed by atoms with E-state index in [0.717, 1.165) is 33.7 Å². The molecular formula is C27H20BClN6O. The third kappa shape index (κ3) is 4.78. The van der Waals surface area contributed by atoms with Gasteiger partial charge < -0.3 is 10.6 Å². The summed E-state index contributed by atoms with van der Waals surface area (Å²) in [6.45, 7) is 0.501. The number of amides is 1. The minimum absolute atomic E-state index is 0.239. The fourth-order valence-corrected chi connectivity index (χ4v) is 4.09. The van der Waals surface area contributed by atoms with Crippen LogP contribution in [0.15, 0.2) is 85.1 Å². The zero-order chi connectivity index (χ0) is 25.1. The lowest BCUT2D eigenvalue weighted by molar-refractivity contribution is 0.102. The summed E-state index contributed by atoms with van der Waals surface area (Å²) in [5.74, 6) is 0.534. The first kappa shape index (κ1) is 23.2. The van der Waals surface area contributed by atoms with Gasteiger partial charge in [-0.15, -0.1) is 0 Å². The van der Waals surface area contributed by atoms with E-state index in [9.17, 15) is 4.79 Å². The van der Waals surface area contributed by atoms with Crippen molar-refractivity contribution in [3.63, 3.8) is 0 Å². The van der Waals surface area contributed by atoms with Crippen LogP contribution >= 0.6 is 11.6 Å². The average Bonchev–Trinajstić information content (AvgIpc) is 3.28. The van der Waals surface area contributed by atoms with E-state index in [-0.39, 0.29) is 5.91 Å². The molecule has 0 saturated heterocycles. The van der Waals surface area contributed by atoms with E-state index in [1.807, 2.05) is 62.4 Å². The molecule has 174 valence electrons. The molecule has 0 bridgehead atoms. The third-order valence-electron chi connectivity index (χ3n) is 5.73. The number of halogens is 1. The van der Waals surface area contributed by atoms with Gasteiger partial charge in [0.15, 0.2) is 5.65 Å². The molecule has 2 N–H and O–H groups in total. The van der Waals surface area contributed by atoms with Crippen LogP contribution in [-0.2, 0) is 6.54 Å². The summed E-state index contributed by atoms with van der Waals surface area (Å²) in [7, 11) is 1.97. The van der Waals surface area contributed by atoms with Crippen LogP contribution in [0.2, 0.25) is 5.02 Å². The summed E-state index contributed by atoms with van der Waals surface area (Å²) in [6.07, 6.45) is 1.78. The molecule has 0 atom stereocenters. The Bertz CT molecular complexity index is 1620. The lowest BCUT2D eigenvalue weighted by Gasteiger charge is -2.13. The quantitative estimate of drug-likeness (QED) is 0.350. The molecular weight excluding hydrogens is 471 g/mol. The summed E-state index contributed by atoms with van der Waals surface area (Å²) in [5, 5.41) is 20.4. The van der Waals surface area contributed by atoms with Crippen LogP contribution in [0.3, 0.4) is 0 Å². The maximum atomic E-state index is 12.6. The molecule has 9 heteroatoms. The average molecular weight is 491 g/mol. The highest BCUT2D eigenvalue weighted by molar-refractivity contribution is 6.36. The number of aromatic nitrogens is 3. The second-order valence-corrected chi connectivity index (χ2v) is 8.67. The second-order valence-electron chi connectivity index (χ2n) is 8.27. The lowest BCUT2D eigenvalue weighted by Crippen LogP contribution is -2.12. The number of anilines is 2. The summed E-state index contributed by atoms with van der Waals surface area (Å²) in [5.41, 5.74) is 5.95. The van der Waals surface area contributed by atoms with E-state index in [1.165, 1.54) is 0 Å². The van der Waals surface area contributed by atoms with Crippen molar-refractivity contribution in [2.75, 3.05) is 10.6 Å². The number of fused-ring (bicyclic) bond motifs is 1. The predicted octanol–water partition coefficient (Wildman–Crippen LogP) is 4.04. The fraction of sp³-hybridized carbons (Fsp3) is 0.0370. The van der Waals surface area contributed by atoms with Gasteiger partial charge in [-0.25, -0.2) is 4.98 Å². The number of nitrogens with one attached hydrogen (secondary N) is 2. The molecule has 0 aliphatic carbocycles. The zero-order valence-electron chi connectivity index (χ0n) is 19.4. The largest absolute Gasteiger partial charge is 0.366 e. The Morgan fingerprint density at radius 3 is 2.64 bits per heavy atom. The highest BCUT2D eigenvalue weighted by Crippen LogP contribution is 2.28. The molecule has 0 radical (unpaired) electrons. The molecule has 5 aromatic rings. The van der Waals surface area contributed by atoms with Crippen molar-refractivity contribution in [3.05, 3.63) is 107 Å². The molecule has 0 fully saturated rings. The first-order valence-electron chi connectivity index (χ1n) is 11.3. The normalized spacial score (nSPS) is 10.7. The number of rotatable bonds is 6. The van der Waals surface area contributed by atoms with Crippen LogP contribution in [0.25, 0.3) is 16.9 Å². The molecule has 2 heterocycles. The van der Waals surface area contributed by atoms with E-state index in [2.05, 4.69) is 21.8 Å². The SMILES string of the molecule is Bc1cnn2c(NCc3cccc(NC(=O)c4ccc(C#N)cc4)c3)cc(-c3ccccc3Cl)nc12. The van der Waals surface area contributed by atoms with Gasteiger partial charge in [0.1, 0.15) is 13.7 Å². The zero-order valence-corrected chi connectivity index (χ0v) is 20.1. The molecule has 0 spiro atoms. The number of carbonyl (C=O) groups excluding carboxylic acids is 1. The van der Waals surface area contributed by atoms with Crippen molar-refractivity contribution >= 4 is 48.0 Å². The van der Waals surface area contributed by atoms with Crippen LogP contribution in [0.4, 0.5) is 11.5 Å². The van der Waals surface area contributed by atoms with Crippen LogP contribution in [0.1, 0.15) is 21.5 Å². The minimum Gasteiger partial charge on any atom is -0.366 e. The molecule has 36 heavy (non-hydrogen) atoms. The maximum Gasteiger partial charge on any atom is 0.255 e. The number of nitrogens with zero attached hydrogens (tertiary/aromatic N) is 4. The summed E-state index contributed by atoms with van der Waals surface area (Å²) in [6, 6.07) is 25.7. The van der Waals surface area contributed by atoms with Gasteiger partial charge >= 0.3 is 0 Å². The summed E-state index contributed by atoms with van der Waals surface area (Å²) >= 11 is 6.44. The molecule has 0 aliphatic heterocycles. The van der Waals surface area contributed by atoms with Crippen LogP contribution in [0.5, 0.6) is 0 Å². The van der Waals surface area contributed by atoms with Crippen molar-refractivity contribution in [1.82, 2.24) is 14.6 Å². The van der Waals surface area contributed by atoms with Gasteiger partial charge in [0.2, 0.25) is 0 Å². The number of carbonyl (C=O) groups is 1. The van der Waals surface area contributed by atoms with E-state index >= 15 is 0 Å². The van der Waals surface area contributed by atoms with Gasteiger partial charge in [-0.3, -0.25) is 4.79 Å². The van der Waals surface area contributed by atoms with Gasteiger partial charge in [-0.2, -0.15) is 14.9 Å². The number of nitriles is 1. The second kappa shape index (κ2) is 9.94. The molecule has 2 aromatic heterocycles. The Balaban J connectivity index is 1.37. The highest BCUT2D eigenvalue weighted by Gasteiger charge is 2.13. The standard InChI is InChI=1S/C27H20BClN6O/c28-22-16-32-35-25(13-24(34-26(22)35)21-6-1-2-7-23(21)29)31-15-18-4-3-5-20(12-18)33-27(36)19-10-8-17(14-30)9-11-19/h1-13,16,31H,15,28H2,(H,33,36). The smallest absolute Gasteiger partial charge is 0.255 e. The third-order valence-corrected chi connectivity index (χ3v) is 6.06. The van der Waals surface area contributed by atoms with Crippen LogP contribution < -0.4 is 16.1 Å². The maximum absolute atomic E-state index is 12.6. The van der Waals surface area contributed by atoms with Gasteiger partial charge in [0.05, 0.1) is 17.3 Å². The van der Waals surface area contributed by atoms with Crippen molar-refractivity contribution in [3.8, 4) is 17.3 Å². The number of benzene rings is 3. The molecule has 7 nitrogen and oxygen atoms in total. The molecule has 0 aliphatic rings. The Morgan fingerprint density at radius 1 is 1.06 bits per heavy atom. The summed E-state index contributed by atoms with van der Waals surface area (Å²) in [4.78, 5) is 17.4. The topological polar surface area (TPSA) is 95.1 Å². The Kier molecular flexibility index (Phi) is 6.39. The van der Waals surface area contributed by atoms with Crippen molar-refractivity contribution < 1.29 is 4.79 Å². The van der Waals surface area contributed by atoms with Crippen LogP contribution in [-0.4, -0.2) is 28.4 Å². The molecule has 1 amide bonds. The molecule has 5 rings (SSSR count). The van der Waals surface area contributed by atoms with Gasteiger partial charge in [-0.05, 0) is 53.5 Å². The highest BCUT2D eigenvalue weighted by atomic mass is 35.5. The molecule has 0 unspecified atom stereocenters.